The minimum Gasteiger partial charge on any atom is -0.282 e. The molecule has 0 heterocycles. The Morgan fingerprint density at radius 2 is 1.68 bits per heavy atom. The summed E-state index contributed by atoms with van der Waals surface area (Å²) in [5.74, 6) is 0. The van der Waals surface area contributed by atoms with Gasteiger partial charge in [0.2, 0.25) is 0 Å². The SMILES string of the molecule is [N-]=[N+]=Nc1c(N=Nc2ccccc2)cccc1-c1ccc(Br)cc1S(=O)(=O)O. The van der Waals surface area contributed by atoms with Crippen molar-refractivity contribution in [2.45, 2.75) is 4.90 Å². The Labute approximate surface area is 169 Å². The van der Waals surface area contributed by atoms with Gasteiger partial charge in [-0.05, 0) is 41.4 Å². The predicted molar refractivity (Wildman–Crippen MR) is 109 cm³/mol. The van der Waals surface area contributed by atoms with Crippen molar-refractivity contribution in [2.75, 3.05) is 0 Å². The third-order valence-electron chi connectivity index (χ3n) is 3.70. The largest absolute Gasteiger partial charge is 0.295 e. The molecule has 0 atom stereocenters. The quantitative estimate of drug-likeness (QED) is 0.197. The lowest BCUT2D eigenvalue weighted by atomic mass is 10.0. The molecule has 0 spiro atoms. The van der Waals surface area contributed by atoms with Crippen molar-refractivity contribution in [3.05, 3.63) is 81.6 Å². The third kappa shape index (κ3) is 4.44. The van der Waals surface area contributed by atoms with E-state index in [1.54, 1.807) is 48.5 Å². The van der Waals surface area contributed by atoms with E-state index in [4.69, 9.17) is 5.53 Å². The minimum absolute atomic E-state index is 0.0944. The van der Waals surface area contributed by atoms with Gasteiger partial charge >= 0.3 is 0 Å². The van der Waals surface area contributed by atoms with E-state index in [0.29, 0.717) is 15.7 Å². The van der Waals surface area contributed by atoms with Crippen LogP contribution in [-0.4, -0.2) is 13.0 Å². The highest BCUT2D eigenvalue weighted by atomic mass is 79.9. The second kappa shape index (κ2) is 8.32. The lowest BCUT2D eigenvalue weighted by molar-refractivity contribution is 0.483. The third-order valence-corrected chi connectivity index (χ3v) is 5.09. The first-order valence-electron chi connectivity index (χ1n) is 7.82. The zero-order chi connectivity index (χ0) is 20.1. The monoisotopic (exact) mass is 457 g/mol. The lowest BCUT2D eigenvalue weighted by Gasteiger charge is -2.11. The second-order valence-electron chi connectivity index (χ2n) is 5.51. The molecule has 3 aromatic rings. The van der Waals surface area contributed by atoms with Crippen LogP contribution < -0.4 is 0 Å². The van der Waals surface area contributed by atoms with Crippen LogP contribution in [0.1, 0.15) is 0 Å². The van der Waals surface area contributed by atoms with Gasteiger partial charge in [0.15, 0.2) is 0 Å². The van der Waals surface area contributed by atoms with Gasteiger partial charge in [0.25, 0.3) is 10.1 Å². The van der Waals surface area contributed by atoms with E-state index in [2.05, 4.69) is 36.2 Å². The number of nitrogens with zero attached hydrogens (tertiary/aromatic N) is 5. The second-order valence-corrected chi connectivity index (χ2v) is 7.82. The molecule has 1 N–H and O–H groups in total. The van der Waals surface area contributed by atoms with Crippen LogP contribution in [0.25, 0.3) is 21.6 Å². The normalized spacial score (nSPS) is 11.4. The van der Waals surface area contributed by atoms with Crippen LogP contribution in [-0.2, 0) is 10.1 Å². The van der Waals surface area contributed by atoms with E-state index in [0.717, 1.165) is 0 Å². The molecule has 0 saturated carbocycles. The number of azo groups is 1. The average molecular weight is 458 g/mol. The highest BCUT2D eigenvalue weighted by Gasteiger charge is 2.20. The van der Waals surface area contributed by atoms with Crippen molar-refractivity contribution in [1.29, 1.82) is 0 Å². The minimum atomic E-state index is -4.52. The number of benzene rings is 3. The molecule has 0 aromatic heterocycles. The molecule has 0 aliphatic heterocycles. The van der Waals surface area contributed by atoms with Gasteiger partial charge in [0.1, 0.15) is 4.90 Å². The highest BCUT2D eigenvalue weighted by Crippen LogP contribution is 2.42. The van der Waals surface area contributed by atoms with Crippen molar-refractivity contribution >= 4 is 43.1 Å². The number of halogens is 1. The smallest absolute Gasteiger partial charge is 0.282 e. The standard InChI is InChI=1S/C18H12BrN5O3S/c19-12-9-10-14(17(11-12)28(25,26)27)15-7-4-8-16(18(15)23-24-20)22-21-13-5-2-1-3-6-13/h1-11H,(H,25,26,27). The number of hydrogen-bond donors (Lipinski definition) is 1. The van der Waals surface area contributed by atoms with Crippen LogP contribution >= 0.6 is 15.9 Å². The summed E-state index contributed by atoms with van der Waals surface area (Å²) < 4.78 is 33.7. The van der Waals surface area contributed by atoms with Gasteiger partial charge in [0.05, 0.1) is 17.1 Å². The van der Waals surface area contributed by atoms with Gasteiger partial charge in [-0.3, -0.25) is 4.55 Å². The zero-order valence-corrected chi connectivity index (χ0v) is 16.5. The Morgan fingerprint density at radius 3 is 2.36 bits per heavy atom. The molecular weight excluding hydrogens is 446 g/mol. The summed E-state index contributed by atoms with van der Waals surface area (Å²) in [6.07, 6.45) is 0. The first-order valence-corrected chi connectivity index (χ1v) is 10.1. The molecule has 0 radical (unpaired) electrons. The summed E-state index contributed by atoms with van der Waals surface area (Å²) in [4.78, 5) is 2.49. The Kier molecular flexibility index (Phi) is 5.86. The number of hydrogen-bond acceptors (Lipinski definition) is 5. The maximum atomic E-state index is 11.8. The molecule has 0 aliphatic rings. The molecule has 0 saturated heterocycles. The summed E-state index contributed by atoms with van der Waals surface area (Å²) in [5.41, 5.74) is 10.4. The average Bonchev–Trinajstić information content (AvgIpc) is 2.67. The van der Waals surface area contributed by atoms with Gasteiger partial charge in [-0.2, -0.15) is 18.6 Å². The van der Waals surface area contributed by atoms with E-state index < -0.39 is 10.1 Å². The number of azide groups is 1. The summed E-state index contributed by atoms with van der Waals surface area (Å²) in [7, 11) is -4.52. The van der Waals surface area contributed by atoms with Gasteiger partial charge < -0.3 is 0 Å². The van der Waals surface area contributed by atoms with Crippen LogP contribution in [0.5, 0.6) is 0 Å². The summed E-state index contributed by atoms with van der Waals surface area (Å²) in [6, 6.07) is 18.1. The van der Waals surface area contributed by atoms with E-state index in [9.17, 15) is 13.0 Å². The first kappa shape index (κ1) is 19.7. The molecule has 3 rings (SSSR count). The molecule has 8 nitrogen and oxygen atoms in total. The van der Waals surface area contributed by atoms with Crippen molar-refractivity contribution < 1.29 is 13.0 Å². The molecule has 0 amide bonds. The fourth-order valence-electron chi connectivity index (χ4n) is 2.52. The maximum absolute atomic E-state index is 11.8. The highest BCUT2D eigenvalue weighted by molar-refractivity contribution is 9.10. The van der Waals surface area contributed by atoms with Crippen molar-refractivity contribution in [3.8, 4) is 11.1 Å². The molecule has 140 valence electrons. The number of rotatable bonds is 5. The molecule has 3 aromatic carbocycles. The van der Waals surface area contributed by atoms with Gasteiger partial charge in [-0.25, -0.2) is 0 Å². The van der Waals surface area contributed by atoms with Crippen molar-refractivity contribution in [2.24, 2.45) is 15.3 Å². The van der Waals surface area contributed by atoms with Crippen LogP contribution in [0.2, 0.25) is 0 Å². The van der Waals surface area contributed by atoms with E-state index in [-0.39, 0.29) is 21.8 Å². The van der Waals surface area contributed by atoms with E-state index >= 15 is 0 Å². The van der Waals surface area contributed by atoms with Crippen molar-refractivity contribution in [3.63, 3.8) is 0 Å². The van der Waals surface area contributed by atoms with Crippen LogP contribution in [0.15, 0.2) is 91.4 Å². The van der Waals surface area contributed by atoms with E-state index in [1.807, 2.05) is 6.07 Å². The van der Waals surface area contributed by atoms with Gasteiger partial charge in [-0.15, -0.1) is 0 Å². The topological polar surface area (TPSA) is 128 Å². The Balaban J connectivity index is 2.22. The molecule has 0 fully saturated rings. The predicted octanol–water partition coefficient (Wildman–Crippen LogP) is 6.72. The first-order chi connectivity index (χ1) is 13.4. The lowest BCUT2D eigenvalue weighted by Crippen LogP contribution is -2.01. The molecule has 0 aliphatic carbocycles. The van der Waals surface area contributed by atoms with Gasteiger partial charge in [-0.1, -0.05) is 57.4 Å². The molecule has 10 heteroatoms. The Morgan fingerprint density at radius 1 is 0.929 bits per heavy atom. The molecule has 0 unspecified atom stereocenters. The summed E-state index contributed by atoms with van der Waals surface area (Å²) in [5, 5.41) is 11.9. The maximum Gasteiger partial charge on any atom is 0.295 e. The van der Waals surface area contributed by atoms with Crippen molar-refractivity contribution in [1.82, 2.24) is 0 Å². The Bertz CT molecular complexity index is 1210. The summed E-state index contributed by atoms with van der Waals surface area (Å²) in [6.45, 7) is 0. The van der Waals surface area contributed by atoms with Crippen LogP contribution in [0, 0.1) is 0 Å². The molecular formula is C18H12BrN5O3S. The van der Waals surface area contributed by atoms with Crippen LogP contribution in [0.3, 0.4) is 0 Å². The Hall–Kier alpha value is -3.04. The molecule has 28 heavy (non-hydrogen) atoms. The van der Waals surface area contributed by atoms with Gasteiger partial charge in [0, 0.05) is 14.9 Å². The van der Waals surface area contributed by atoms with E-state index in [1.165, 1.54) is 12.1 Å². The van der Waals surface area contributed by atoms with Crippen LogP contribution in [0.4, 0.5) is 17.1 Å². The fourth-order valence-corrected chi connectivity index (χ4v) is 3.76. The molecule has 0 bridgehead atoms. The fraction of sp³-hybridized carbons (Fsp3) is 0. The zero-order valence-electron chi connectivity index (χ0n) is 14.1. The summed E-state index contributed by atoms with van der Waals surface area (Å²) >= 11 is 3.18.